The van der Waals surface area contributed by atoms with Crippen LogP contribution in [-0.4, -0.2) is 61.1 Å². The molecule has 1 aliphatic rings. The van der Waals surface area contributed by atoms with Crippen molar-refractivity contribution in [2.45, 2.75) is 38.9 Å². The van der Waals surface area contributed by atoms with Crippen LogP contribution in [0.3, 0.4) is 0 Å². The summed E-state index contributed by atoms with van der Waals surface area (Å²) in [4.78, 5) is 21.8. The van der Waals surface area contributed by atoms with E-state index in [2.05, 4.69) is 20.6 Å². The summed E-state index contributed by atoms with van der Waals surface area (Å²) < 4.78 is 42.9. The predicted octanol–water partition coefficient (Wildman–Crippen LogP) is 2.29. The van der Waals surface area contributed by atoms with Gasteiger partial charge in [0.05, 0.1) is 12.1 Å². The Bertz CT molecular complexity index is 684. The van der Waals surface area contributed by atoms with Gasteiger partial charge < -0.3 is 20.3 Å². The van der Waals surface area contributed by atoms with E-state index < -0.39 is 11.7 Å². The fourth-order valence-electron chi connectivity index (χ4n) is 2.96. The van der Waals surface area contributed by atoms with Crippen LogP contribution in [0.4, 0.5) is 13.2 Å². The predicted molar refractivity (Wildman–Crippen MR) is 104 cm³/mol. The zero-order valence-corrected chi connectivity index (χ0v) is 16.9. The van der Waals surface area contributed by atoms with Crippen molar-refractivity contribution in [3.05, 3.63) is 23.9 Å². The first-order valence-electron chi connectivity index (χ1n) is 9.62. The molecule has 0 atom stereocenters. The van der Waals surface area contributed by atoms with Gasteiger partial charge in [-0.25, -0.2) is 4.98 Å². The number of aliphatic imine (C=N–C) groups is 1. The molecule has 0 aliphatic carbocycles. The van der Waals surface area contributed by atoms with Crippen molar-refractivity contribution in [1.82, 2.24) is 20.5 Å². The van der Waals surface area contributed by atoms with Crippen LogP contribution >= 0.6 is 0 Å². The lowest BCUT2D eigenvalue weighted by molar-refractivity contribution is -0.138. The van der Waals surface area contributed by atoms with Gasteiger partial charge in [-0.3, -0.25) is 9.79 Å². The van der Waals surface area contributed by atoms with Crippen LogP contribution in [0.2, 0.25) is 0 Å². The Kier molecular flexibility index (Phi) is 8.10. The number of guanidine groups is 1. The average Bonchev–Trinajstić information content (AvgIpc) is 2.69. The van der Waals surface area contributed by atoms with Crippen LogP contribution in [-0.2, 0) is 11.0 Å². The molecule has 10 heteroatoms. The summed E-state index contributed by atoms with van der Waals surface area (Å²) in [6, 6.07) is 2.35. The zero-order valence-electron chi connectivity index (χ0n) is 16.9. The number of nitrogens with one attached hydrogen (secondary N) is 2. The fraction of sp³-hybridized carbons (Fsp3) is 0.632. The van der Waals surface area contributed by atoms with E-state index in [0.29, 0.717) is 25.6 Å². The monoisotopic (exact) mass is 415 g/mol. The smallest absolute Gasteiger partial charge is 0.417 e. The van der Waals surface area contributed by atoms with Crippen molar-refractivity contribution in [3.8, 4) is 5.88 Å². The summed E-state index contributed by atoms with van der Waals surface area (Å²) in [6.45, 7) is 5.87. The number of carbonyl (C=O) groups is 1. The molecular formula is C19H28F3N5O2. The highest BCUT2D eigenvalue weighted by Crippen LogP contribution is 2.29. The van der Waals surface area contributed by atoms with Gasteiger partial charge in [-0.1, -0.05) is 13.8 Å². The van der Waals surface area contributed by atoms with Crippen molar-refractivity contribution in [2.24, 2.45) is 10.9 Å². The minimum absolute atomic E-state index is 0.00750. The summed E-state index contributed by atoms with van der Waals surface area (Å²) in [7, 11) is 1.66. The third-order valence-corrected chi connectivity index (χ3v) is 4.57. The van der Waals surface area contributed by atoms with Gasteiger partial charge >= 0.3 is 6.18 Å². The number of ether oxygens (including phenoxy) is 1. The standard InChI is InChI=1S/C19H28F3N5O2/c1-13(2)17(28)27-9-6-15(7-10-27)26-18(23-3)24-8-11-29-16-5-4-14(12-25-16)19(20,21)22/h4-5,12-13,15H,6-11H2,1-3H3,(H2,23,24,26). The van der Waals surface area contributed by atoms with Crippen LogP contribution in [0.25, 0.3) is 0 Å². The number of hydrogen-bond donors (Lipinski definition) is 2. The lowest BCUT2D eigenvalue weighted by Gasteiger charge is -2.34. The van der Waals surface area contributed by atoms with E-state index in [4.69, 9.17) is 4.74 Å². The first kappa shape index (κ1) is 22.8. The molecule has 29 heavy (non-hydrogen) atoms. The number of hydrogen-bond acceptors (Lipinski definition) is 4. The quantitative estimate of drug-likeness (QED) is 0.424. The Morgan fingerprint density at radius 3 is 2.55 bits per heavy atom. The number of likely N-dealkylation sites (tertiary alicyclic amines) is 1. The van der Waals surface area contributed by atoms with Crippen molar-refractivity contribution >= 4 is 11.9 Å². The maximum absolute atomic E-state index is 12.5. The van der Waals surface area contributed by atoms with Gasteiger partial charge in [-0.05, 0) is 18.9 Å². The summed E-state index contributed by atoms with van der Waals surface area (Å²) in [5.74, 6) is 0.931. The molecular weight excluding hydrogens is 387 g/mol. The third kappa shape index (κ3) is 7.10. The molecule has 1 aromatic rings. The Hall–Kier alpha value is -2.52. The van der Waals surface area contributed by atoms with Crippen molar-refractivity contribution in [3.63, 3.8) is 0 Å². The molecule has 0 saturated carbocycles. The van der Waals surface area contributed by atoms with Crippen molar-refractivity contribution < 1.29 is 22.7 Å². The van der Waals surface area contributed by atoms with Gasteiger partial charge in [0.25, 0.3) is 0 Å². The highest BCUT2D eigenvalue weighted by atomic mass is 19.4. The van der Waals surface area contributed by atoms with Crippen LogP contribution in [0.15, 0.2) is 23.3 Å². The Morgan fingerprint density at radius 1 is 1.34 bits per heavy atom. The van der Waals surface area contributed by atoms with Gasteiger partial charge in [-0.2, -0.15) is 13.2 Å². The fourth-order valence-corrected chi connectivity index (χ4v) is 2.96. The minimum Gasteiger partial charge on any atom is -0.476 e. The molecule has 2 N–H and O–H groups in total. The number of piperidine rings is 1. The summed E-state index contributed by atoms with van der Waals surface area (Å²) >= 11 is 0. The Labute approximate surface area is 168 Å². The summed E-state index contributed by atoms with van der Waals surface area (Å²) in [5.41, 5.74) is -0.811. The lowest BCUT2D eigenvalue weighted by Crippen LogP contribution is -2.50. The van der Waals surface area contributed by atoms with Gasteiger partial charge in [0.15, 0.2) is 5.96 Å². The molecule has 1 aromatic heterocycles. The van der Waals surface area contributed by atoms with Crippen LogP contribution in [0.5, 0.6) is 5.88 Å². The number of aromatic nitrogens is 1. The highest BCUT2D eigenvalue weighted by Gasteiger charge is 2.30. The normalized spacial score (nSPS) is 16.1. The Balaban J connectivity index is 1.69. The molecule has 2 rings (SSSR count). The first-order valence-corrected chi connectivity index (χ1v) is 9.62. The first-order chi connectivity index (χ1) is 13.7. The second kappa shape index (κ2) is 10.3. The number of alkyl halides is 3. The minimum atomic E-state index is -4.41. The molecule has 0 unspecified atom stereocenters. The maximum atomic E-state index is 12.5. The SMILES string of the molecule is CN=C(NCCOc1ccc(C(F)(F)F)cn1)NC1CCN(C(=O)C(C)C)CC1. The number of halogens is 3. The van der Waals surface area contributed by atoms with Crippen LogP contribution in [0.1, 0.15) is 32.3 Å². The molecule has 1 saturated heterocycles. The molecule has 0 bridgehead atoms. The van der Waals surface area contributed by atoms with Gasteiger partial charge in [-0.15, -0.1) is 0 Å². The third-order valence-electron chi connectivity index (χ3n) is 4.57. The molecule has 2 heterocycles. The highest BCUT2D eigenvalue weighted by molar-refractivity contribution is 5.80. The van der Waals surface area contributed by atoms with E-state index in [0.717, 1.165) is 25.1 Å². The molecule has 0 spiro atoms. The van der Waals surface area contributed by atoms with E-state index in [1.54, 1.807) is 7.05 Å². The van der Waals surface area contributed by atoms with Gasteiger partial charge in [0.1, 0.15) is 6.61 Å². The van der Waals surface area contributed by atoms with E-state index >= 15 is 0 Å². The number of rotatable bonds is 6. The second-order valence-corrected chi connectivity index (χ2v) is 7.13. The number of nitrogens with zero attached hydrogens (tertiary/aromatic N) is 3. The van der Waals surface area contributed by atoms with E-state index in [1.165, 1.54) is 6.07 Å². The molecule has 1 fully saturated rings. The molecule has 0 radical (unpaired) electrons. The number of amides is 1. The lowest BCUT2D eigenvalue weighted by atomic mass is 10.0. The summed E-state index contributed by atoms with van der Waals surface area (Å²) in [6.07, 6.45) is -1.99. The van der Waals surface area contributed by atoms with E-state index in [1.807, 2.05) is 18.7 Å². The summed E-state index contributed by atoms with van der Waals surface area (Å²) in [5, 5.41) is 6.42. The largest absolute Gasteiger partial charge is 0.476 e. The molecule has 0 aromatic carbocycles. The number of carbonyl (C=O) groups excluding carboxylic acids is 1. The number of pyridine rings is 1. The second-order valence-electron chi connectivity index (χ2n) is 7.13. The van der Waals surface area contributed by atoms with E-state index in [9.17, 15) is 18.0 Å². The molecule has 162 valence electrons. The molecule has 7 nitrogen and oxygen atoms in total. The van der Waals surface area contributed by atoms with E-state index in [-0.39, 0.29) is 30.4 Å². The maximum Gasteiger partial charge on any atom is 0.417 e. The topological polar surface area (TPSA) is 78.9 Å². The average molecular weight is 415 g/mol. The van der Waals surface area contributed by atoms with Crippen LogP contribution in [0, 0.1) is 5.92 Å². The van der Waals surface area contributed by atoms with Crippen molar-refractivity contribution in [2.75, 3.05) is 33.3 Å². The van der Waals surface area contributed by atoms with Gasteiger partial charge in [0.2, 0.25) is 11.8 Å². The zero-order chi connectivity index (χ0) is 21.4. The van der Waals surface area contributed by atoms with Gasteiger partial charge in [0, 0.05) is 44.4 Å². The Morgan fingerprint density at radius 2 is 2.03 bits per heavy atom. The van der Waals surface area contributed by atoms with Crippen molar-refractivity contribution in [1.29, 1.82) is 0 Å². The van der Waals surface area contributed by atoms with Crippen LogP contribution < -0.4 is 15.4 Å². The molecule has 1 aliphatic heterocycles. The molecule has 1 amide bonds.